The monoisotopic (exact) mass is 445 g/mol. The third-order valence-electron chi connectivity index (χ3n) is 4.54. The zero-order chi connectivity index (χ0) is 22.9. The topological polar surface area (TPSA) is 126 Å². The first-order valence-electron chi connectivity index (χ1n) is 9.06. The number of aliphatic hydroxyl groups excluding tert-OH is 1. The molecule has 0 spiro atoms. The van der Waals surface area contributed by atoms with Gasteiger partial charge in [0.15, 0.2) is 11.8 Å². The normalized spacial score (nSPS) is 12.5. The predicted octanol–water partition coefficient (Wildman–Crippen LogP) is 3.15. The van der Waals surface area contributed by atoms with Gasteiger partial charge in [0.05, 0.1) is 17.4 Å². The lowest BCUT2D eigenvalue weighted by molar-refractivity contribution is -0.142. The summed E-state index contributed by atoms with van der Waals surface area (Å²) >= 11 is 0. The highest BCUT2D eigenvalue weighted by atomic mass is 19.4. The zero-order valence-electron chi connectivity index (χ0n) is 16.0. The lowest BCUT2D eigenvalue weighted by Gasteiger charge is -2.11. The molecular weight excluding hydrogens is 431 g/mol. The Labute approximate surface area is 177 Å². The van der Waals surface area contributed by atoms with Crippen LogP contribution in [0.25, 0.3) is 28.5 Å². The van der Waals surface area contributed by atoms with E-state index in [0.717, 1.165) is 10.9 Å². The van der Waals surface area contributed by atoms with Crippen LogP contribution in [0.4, 0.5) is 13.2 Å². The lowest BCUT2D eigenvalue weighted by Crippen LogP contribution is -2.25. The highest BCUT2D eigenvalue weighted by molar-refractivity contribution is 5.81. The molecule has 164 valence electrons. The van der Waals surface area contributed by atoms with Crippen molar-refractivity contribution < 1.29 is 32.8 Å². The maximum atomic E-state index is 13.8. The van der Waals surface area contributed by atoms with E-state index in [1.165, 1.54) is 41.9 Å². The Morgan fingerprint density at radius 1 is 1.09 bits per heavy atom. The molecule has 0 radical (unpaired) electrons. The average Bonchev–Trinajstić information content (AvgIpc) is 3.46. The Balaban J connectivity index is 1.69. The molecule has 1 amide bonds. The van der Waals surface area contributed by atoms with Crippen molar-refractivity contribution in [3.63, 3.8) is 0 Å². The van der Waals surface area contributed by atoms with Gasteiger partial charge in [0.2, 0.25) is 5.82 Å². The van der Waals surface area contributed by atoms with Crippen molar-refractivity contribution in [2.45, 2.75) is 12.3 Å². The van der Waals surface area contributed by atoms with Crippen molar-refractivity contribution in [2.24, 2.45) is 0 Å². The largest absolute Gasteiger partial charge is 0.434 e. The van der Waals surface area contributed by atoms with Crippen molar-refractivity contribution in [2.75, 3.05) is 0 Å². The van der Waals surface area contributed by atoms with Crippen LogP contribution in [0.1, 0.15) is 17.4 Å². The van der Waals surface area contributed by atoms with Crippen LogP contribution in [0.3, 0.4) is 0 Å². The van der Waals surface area contributed by atoms with Crippen molar-refractivity contribution in [1.82, 2.24) is 25.4 Å². The summed E-state index contributed by atoms with van der Waals surface area (Å²) in [5, 5.41) is 25.9. The van der Waals surface area contributed by atoms with Gasteiger partial charge in [0.1, 0.15) is 0 Å². The van der Waals surface area contributed by atoms with Gasteiger partial charge in [-0.1, -0.05) is 47.6 Å². The second kappa shape index (κ2) is 8.24. The van der Waals surface area contributed by atoms with Crippen LogP contribution in [0.5, 0.6) is 0 Å². The Hall–Kier alpha value is -4.03. The molecule has 1 unspecified atom stereocenters. The zero-order valence-corrected chi connectivity index (χ0v) is 16.0. The molecule has 1 atom stereocenters. The molecule has 4 rings (SSSR count). The molecule has 12 heteroatoms. The maximum Gasteiger partial charge on any atom is 0.434 e. The van der Waals surface area contributed by atoms with Gasteiger partial charge in [0, 0.05) is 5.56 Å². The van der Waals surface area contributed by atoms with Crippen LogP contribution in [0.2, 0.25) is 0 Å². The number of nitrogens with zero attached hydrogens (tertiary/aromatic N) is 4. The van der Waals surface area contributed by atoms with E-state index in [1.807, 2.05) is 0 Å². The number of carbonyl (C=O) groups excluding carboxylic acids is 1. The number of halogens is 3. The van der Waals surface area contributed by atoms with E-state index in [0.29, 0.717) is 5.56 Å². The van der Waals surface area contributed by atoms with Crippen molar-refractivity contribution in [1.29, 1.82) is 0 Å². The molecular formula is C20H14F3N5O4. The Morgan fingerprint density at radius 3 is 2.41 bits per heavy atom. The van der Waals surface area contributed by atoms with Gasteiger partial charge < -0.3 is 9.63 Å². The average molecular weight is 445 g/mol. The second-order valence-corrected chi connectivity index (χ2v) is 6.58. The molecule has 2 aromatic carbocycles. The fourth-order valence-corrected chi connectivity index (χ4v) is 3.02. The molecule has 4 aromatic rings. The molecule has 3 N–H and O–H groups in total. The molecule has 0 saturated carbocycles. The van der Waals surface area contributed by atoms with Crippen LogP contribution in [0.15, 0.2) is 65.3 Å². The van der Waals surface area contributed by atoms with E-state index in [-0.39, 0.29) is 28.5 Å². The number of hydrogen-bond donors (Lipinski definition) is 3. The van der Waals surface area contributed by atoms with E-state index < -0.39 is 23.9 Å². The van der Waals surface area contributed by atoms with Gasteiger partial charge in [-0.2, -0.15) is 23.3 Å². The summed E-state index contributed by atoms with van der Waals surface area (Å²) in [6, 6.07) is 13.5. The summed E-state index contributed by atoms with van der Waals surface area (Å²) in [6.45, 7) is 0. The number of hydrogen-bond acceptors (Lipinski definition) is 7. The summed E-state index contributed by atoms with van der Waals surface area (Å²) in [5.41, 5.74) is 0.642. The molecule has 32 heavy (non-hydrogen) atoms. The van der Waals surface area contributed by atoms with Gasteiger partial charge >= 0.3 is 6.18 Å². The minimum atomic E-state index is -4.75. The van der Waals surface area contributed by atoms with Crippen LogP contribution in [0, 0.1) is 0 Å². The number of hydroxylamine groups is 1. The molecule has 0 bridgehead atoms. The van der Waals surface area contributed by atoms with E-state index in [2.05, 4.69) is 15.2 Å². The highest BCUT2D eigenvalue weighted by Gasteiger charge is 2.40. The molecule has 0 aliphatic heterocycles. The number of aromatic nitrogens is 4. The SMILES string of the molecule is O=C(NO)C(O)c1ccc(-c2noc(-c3cnn(-c4ccccc4)c3C(F)(F)F)n2)cc1. The van der Waals surface area contributed by atoms with E-state index >= 15 is 0 Å². The summed E-state index contributed by atoms with van der Waals surface area (Å²) in [5.74, 6) is -1.40. The number of carbonyl (C=O) groups is 1. The molecule has 9 nitrogen and oxygen atoms in total. The van der Waals surface area contributed by atoms with Crippen LogP contribution in [-0.4, -0.2) is 36.1 Å². The number of nitrogens with one attached hydrogen (secondary N) is 1. The standard InChI is InChI=1S/C20H14F3N5O4/c21-20(22,23)16-14(10-24-28(16)13-4-2-1-3-5-13)19-25-17(27-32-19)12-8-6-11(7-9-12)15(29)18(30)26-31/h1-10,15,29,31H,(H,26,30). The molecule has 0 aliphatic rings. The molecule has 2 aromatic heterocycles. The smallest absolute Gasteiger partial charge is 0.378 e. The number of alkyl halides is 3. The summed E-state index contributed by atoms with van der Waals surface area (Å²) < 4.78 is 47.3. The second-order valence-electron chi connectivity index (χ2n) is 6.58. The van der Waals surface area contributed by atoms with E-state index in [1.54, 1.807) is 18.2 Å². The maximum absolute atomic E-state index is 13.8. The first-order valence-corrected chi connectivity index (χ1v) is 9.06. The van der Waals surface area contributed by atoms with Crippen molar-refractivity contribution in [3.8, 4) is 28.5 Å². The van der Waals surface area contributed by atoms with E-state index in [4.69, 9.17) is 9.73 Å². The fraction of sp³-hybridized carbons (Fsp3) is 0.100. The fourth-order valence-electron chi connectivity index (χ4n) is 3.02. The molecule has 0 fully saturated rings. The third-order valence-corrected chi connectivity index (χ3v) is 4.54. The first kappa shape index (κ1) is 21.2. The summed E-state index contributed by atoms with van der Waals surface area (Å²) in [6.07, 6.45) is -5.35. The summed E-state index contributed by atoms with van der Waals surface area (Å²) in [4.78, 5) is 15.3. The van der Waals surface area contributed by atoms with Crippen molar-refractivity contribution in [3.05, 3.63) is 72.1 Å². The highest BCUT2D eigenvalue weighted by Crippen LogP contribution is 2.38. The van der Waals surface area contributed by atoms with Crippen LogP contribution < -0.4 is 5.48 Å². The van der Waals surface area contributed by atoms with Gasteiger partial charge in [0.25, 0.3) is 11.8 Å². The summed E-state index contributed by atoms with van der Waals surface area (Å²) in [7, 11) is 0. The number of para-hydroxylation sites is 1. The van der Waals surface area contributed by atoms with Crippen molar-refractivity contribution >= 4 is 5.91 Å². The Morgan fingerprint density at radius 2 is 1.78 bits per heavy atom. The number of benzene rings is 2. The number of amides is 1. The van der Waals surface area contributed by atoms with Gasteiger partial charge in [-0.15, -0.1) is 0 Å². The molecule has 2 heterocycles. The molecule has 0 aliphatic carbocycles. The Kier molecular flexibility index (Phi) is 5.47. The van der Waals surface area contributed by atoms with Gasteiger partial charge in [-0.05, 0) is 17.7 Å². The first-order chi connectivity index (χ1) is 15.3. The number of rotatable bonds is 5. The van der Waals surface area contributed by atoms with E-state index in [9.17, 15) is 23.1 Å². The van der Waals surface area contributed by atoms with Gasteiger partial charge in [-0.25, -0.2) is 10.2 Å². The molecule has 0 saturated heterocycles. The number of aliphatic hydroxyl groups is 1. The quantitative estimate of drug-likeness (QED) is 0.318. The third kappa shape index (κ3) is 3.96. The minimum Gasteiger partial charge on any atom is -0.378 e. The Bertz CT molecular complexity index is 1240. The minimum absolute atomic E-state index is 0.00626. The lowest BCUT2D eigenvalue weighted by atomic mass is 10.1. The predicted molar refractivity (Wildman–Crippen MR) is 102 cm³/mol. The van der Waals surface area contributed by atoms with Crippen LogP contribution in [-0.2, 0) is 11.0 Å². The van der Waals surface area contributed by atoms with Crippen LogP contribution >= 0.6 is 0 Å². The van der Waals surface area contributed by atoms with Gasteiger partial charge in [-0.3, -0.25) is 10.0 Å².